The highest BCUT2D eigenvalue weighted by atomic mass is 14.9. The summed E-state index contributed by atoms with van der Waals surface area (Å²) in [5.74, 6) is 6.92. The van der Waals surface area contributed by atoms with Gasteiger partial charge in [-0.15, -0.1) is 11.8 Å². The number of hydrogen-bond donors (Lipinski definition) is 1. The van der Waals surface area contributed by atoms with Crippen molar-refractivity contribution in [1.82, 2.24) is 5.32 Å². The van der Waals surface area contributed by atoms with Crippen LogP contribution in [0.25, 0.3) is 0 Å². The maximum absolute atomic E-state index is 3.48. The average Bonchev–Trinajstić information content (AvgIpc) is 2.14. The summed E-state index contributed by atoms with van der Waals surface area (Å²) in [5, 5.41) is 3.48. The van der Waals surface area contributed by atoms with Crippen molar-refractivity contribution in [3.63, 3.8) is 0 Å². The van der Waals surface area contributed by atoms with Gasteiger partial charge in [0.2, 0.25) is 0 Å². The lowest BCUT2D eigenvalue weighted by molar-refractivity contribution is 0.404. The van der Waals surface area contributed by atoms with E-state index in [1.54, 1.807) is 0 Å². The summed E-state index contributed by atoms with van der Waals surface area (Å²) >= 11 is 0. The van der Waals surface area contributed by atoms with Crippen molar-refractivity contribution in [2.24, 2.45) is 5.92 Å². The molecule has 0 rings (SSSR count). The molecule has 0 spiro atoms. The molecule has 0 saturated heterocycles. The molecular weight excluding hydrogens is 158 g/mol. The van der Waals surface area contributed by atoms with E-state index in [1.807, 2.05) is 6.92 Å². The Kier molecular flexibility index (Phi) is 7.83. The molecule has 2 atom stereocenters. The van der Waals surface area contributed by atoms with E-state index in [1.165, 1.54) is 12.8 Å². The van der Waals surface area contributed by atoms with Gasteiger partial charge in [0.15, 0.2) is 0 Å². The minimum atomic E-state index is 0.590. The quantitative estimate of drug-likeness (QED) is 0.621. The van der Waals surface area contributed by atoms with Crippen molar-refractivity contribution in [1.29, 1.82) is 0 Å². The largest absolute Gasteiger partial charge is 0.313 e. The van der Waals surface area contributed by atoms with Crippen LogP contribution in [-0.4, -0.2) is 12.6 Å². The van der Waals surface area contributed by atoms with Crippen molar-refractivity contribution >= 4 is 0 Å². The van der Waals surface area contributed by atoms with E-state index in [4.69, 9.17) is 0 Å². The van der Waals surface area contributed by atoms with Crippen LogP contribution < -0.4 is 5.32 Å². The molecule has 0 heterocycles. The summed E-state index contributed by atoms with van der Waals surface area (Å²) in [6.45, 7) is 9.67. The Balaban J connectivity index is 3.83. The second-order valence-corrected chi connectivity index (χ2v) is 3.63. The summed E-state index contributed by atoms with van der Waals surface area (Å²) in [5.41, 5.74) is 0. The monoisotopic (exact) mass is 181 g/mol. The van der Waals surface area contributed by atoms with Gasteiger partial charge in [0, 0.05) is 12.5 Å². The van der Waals surface area contributed by atoms with Gasteiger partial charge in [0.25, 0.3) is 0 Å². The van der Waals surface area contributed by atoms with Gasteiger partial charge < -0.3 is 5.32 Å². The molecule has 0 aromatic heterocycles. The van der Waals surface area contributed by atoms with Gasteiger partial charge in [-0.05, 0) is 25.8 Å². The zero-order valence-electron chi connectivity index (χ0n) is 9.48. The van der Waals surface area contributed by atoms with E-state index in [0.717, 1.165) is 18.9 Å². The van der Waals surface area contributed by atoms with E-state index in [2.05, 4.69) is 37.9 Å². The molecule has 0 radical (unpaired) electrons. The van der Waals surface area contributed by atoms with Gasteiger partial charge in [-0.2, -0.15) is 0 Å². The molecule has 0 aliphatic rings. The van der Waals surface area contributed by atoms with Crippen molar-refractivity contribution < 1.29 is 0 Å². The first-order valence-corrected chi connectivity index (χ1v) is 5.37. The molecule has 13 heavy (non-hydrogen) atoms. The third kappa shape index (κ3) is 6.66. The minimum Gasteiger partial charge on any atom is -0.313 e. The molecule has 0 aliphatic carbocycles. The summed E-state index contributed by atoms with van der Waals surface area (Å²) in [4.78, 5) is 0. The fourth-order valence-corrected chi connectivity index (χ4v) is 1.41. The lowest BCUT2D eigenvalue weighted by Crippen LogP contribution is -2.30. The highest BCUT2D eigenvalue weighted by molar-refractivity contribution is 4.98. The van der Waals surface area contributed by atoms with E-state index in [0.29, 0.717) is 6.04 Å². The maximum atomic E-state index is 3.48. The van der Waals surface area contributed by atoms with Gasteiger partial charge in [-0.25, -0.2) is 0 Å². The zero-order chi connectivity index (χ0) is 10.1. The molecule has 1 heteroatoms. The van der Waals surface area contributed by atoms with E-state index >= 15 is 0 Å². The van der Waals surface area contributed by atoms with Crippen molar-refractivity contribution in [3.8, 4) is 11.8 Å². The fraction of sp³-hybridized carbons (Fsp3) is 0.833. The molecule has 1 nitrogen and oxygen atoms in total. The smallest absolute Gasteiger partial charge is 0.0243 e. The highest BCUT2D eigenvalue weighted by Gasteiger charge is 2.09. The predicted molar refractivity (Wildman–Crippen MR) is 59.6 cm³/mol. The maximum Gasteiger partial charge on any atom is 0.0243 e. The fourth-order valence-electron chi connectivity index (χ4n) is 1.41. The van der Waals surface area contributed by atoms with Crippen LogP contribution in [0.4, 0.5) is 0 Å². The molecular formula is C12H23N. The van der Waals surface area contributed by atoms with Crippen molar-refractivity contribution in [3.05, 3.63) is 0 Å². The highest BCUT2D eigenvalue weighted by Crippen LogP contribution is 2.11. The SMILES string of the molecule is CC#CCC(CC(C)CC)NCC. The Labute approximate surface area is 83.3 Å². The zero-order valence-corrected chi connectivity index (χ0v) is 9.48. The van der Waals surface area contributed by atoms with Crippen LogP contribution in [0.1, 0.15) is 47.0 Å². The third-order valence-corrected chi connectivity index (χ3v) is 2.40. The van der Waals surface area contributed by atoms with Crippen LogP contribution in [0.15, 0.2) is 0 Å². The molecule has 2 unspecified atom stereocenters. The topological polar surface area (TPSA) is 12.0 Å². The summed E-state index contributed by atoms with van der Waals surface area (Å²) in [6, 6.07) is 0.590. The number of hydrogen-bond acceptors (Lipinski definition) is 1. The number of rotatable bonds is 6. The summed E-state index contributed by atoms with van der Waals surface area (Å²) in [7, 11) is 0. The molecule has 0 aromatic rings. The second-order valence-electron chi connectivity index (χ2n) is 3.63. The molecule has 0 amide bonds. The Morgan fingerprint density at radius 2 is 2.00 bits per heavy atom. The Morgan fingerprint density at radius 1 is 1.31 bits per heavy atom. The Hall–Kier alpha value is -0.480. The van der Waals surface area contributed by atoms with Gasteiger partial charge in [0.1, 0.15) is 0 Å². The van der Waals surface area contributed by atoms with Crippen LogP contribution in [0, 0.1) is 17.8 Å². The third-order valence-electron chi connectivity index (χ3n) is 2.40. The summed E-state index contributed by atoms with van der Waals surface area (Å²) < 4.78 is 0. The van der Waals surface area contributed by atoms with Crippen LogP contribution in [0.2, 0.25) is 0 Å². The van der Waals surface area contributed by atoms with Crippen molar-refractivity contribution in [2.75, 3.05) is 6.54 Å². The van der Waals surface area contributed by atoms with Crippen LogP contribution in [-0.2, 0) is 0 Å². The minimum absolute atomic E-state index is 0.590. The first-order valence-electron chi connectivity index (χ1n) is 5.37. The lowest BCUT2D eigenvalue weighted by atomic mass is 9.97. The Bertz CT molecular complexity index is 164. The predicted octanol–water partition coefficient (Wildman–Crippen LogP) is 2.81. The first-order chi connectivity index (χ1) is 6.24. The van der Waals surface area contributed by atoms with Gasteiger partial charge in [-0.1, -0.05) is 27.2 Å². The molecule has 0 saturated carbocycles. The molecule has 0 bridgehead atoms. The molecule has 1 N–H and O–H groups in total. The van der Waals surface area contributed by atoms with E-state index in [-0.39, 0.29) is 0 Å². The Morgan fingerprint density at radius 3 is 2.46 bits per heavy atom. The van der Waals surface area contributed by atoms with Gasteiger partial charge in [0.05, 0.1) is 0 Å². The first kappa shape index (κ1) is 12.5. The van der Waals surface area contributed by atoms with E-state index < -0.39 is 0 Å². The summed E-state index contributed by atoms with van der Waals surface area (Å²) in [6.07, 6.45) is 3.51. The molecule has 0 fully saturated rings. The van der Waals surface area contributed by atoms with Gasteiger partial charge >= 0.3 is 0 Å². The van der Waals surface area contributed by atoms with Crippen molar-refractivity contribution in [2.45, 2.75) is 53.0 Å². The molecule has 76 valence electrons. The van der Waals surface area contributed by atoms with Crippen LogP contribution in [0.5, 0.6) is 0 Å². The standard InChI is InChI=1S/C12H23N/c1-5-8-9-12(13-7-3)10-11(4)6-2/h11-13H,6-7,9-10H2,1-4H3. The average molecular weight is 181 g/mol. The lowest BCUT2D eigenvalue weighted by Gasteiger charge is -2.18. The van der Waals surface area contributed by atoms with Gasteiger partial charge in [-0.3, -0.25) is 0 Å². The molecule has 0 aromatic carbocycles. The second kappa shape index (κ2) is 8.13. The van der Waals surface area contributed by atoms with E-state index in [9.17, 15) is 0 Å². The number of nitrogens with one attached hydrogen (secondary N) is 1. The van der Waals surface area contributed by atoms with Crippen LogP contribution in [0.3, 0.4) is 0 Å². The normalized spacial score (nSPS) is 14.5. The molecule has 0 aliphatic heterocycles. The van der Waals surface area contributed by atoms with Crippen LogP contribution >= 0.6 is 0 Å².